The van der Waals surface area contributed by atoms with Gasteiger partial charge in [0.2, 0.25) is 0 Å². The molecule has 1 heterocycles. The predicted octanol–water partition coefficient (Wildman–Crippen LogP) is 1.96. The Hall–Kier alpha value is -1.39. The SMILES string of the molecule is CCCC1CN(Cc2cccc(C(=O)O)c2)CCN1. The van der Waals surface area contributed by atoms with Crippen LogP contribution >= 0.6 is 0 Å². The molecule has 1 aromatic rings. The largest absolute Gasteiger partial charge is 0.478 e. The highest BCUT2D eigenvalue weighted by Gasteiger charge is 2.18. The Bertz CT molecular complexity index is 432. The second-order valence-corrected chi connectivity index (χ2v) is 5.18. The molecule has 19 heavy (non-hydrogen) atoms. The van der Waals surface area contributed by atoms with E-state index in [1.807, 2.05) is 12.1 Å². The molecule has 1 aliphatic rings. The van der Waals surface area contributed by atoms with Gasteiger partial charge in [0.25, 0.3) is 0 Å². The van der Waals surface area contributed by atoms with Gasteiger partial charge in [0, 0.05) is 32.2 Å². The summed E-state index contributed by atoms with van der Waals surface area (Å²) in [6, 6.07) is 7.82. The predicted molar refractivity (Wildman–Crippen MR) is 75.4 cm³/mol. The number of piperazine rings is 1. The number of hydrogen-bond donors (Lipinski definition) is 2. The Morgan fingerprint density at radius 1 is 1.53 bits per heavy atom. The lowest BCUT2D eigenvalue weighted by Gasteiger charge is -2.33. The fourth-order valence-corrected chi connectivity index (χ4v) is 2.64. The monoisotopic (exact) mass is 262 g/mol. The van der Waals surface area contributed by atoms with Crippen LogP contribution in [0.15, 0.2) is 24.3 Å². The van der Waals surface area contributed by atoms with Crippen LogP contribution in [0, 0.1) is 0 Å². The molecule has 4 nitrogen and oxygen atoms in total. The first-order chi connectivity index (χ1) is 9.19. The quantitative estimate of drug-likeness (QED) is 0.851. The number of carbonyl (C=O) groups is 1. The van der Waals surface area contributed by atoms with Crippen molar-refractivity contribution in [1.29, 1.82) is 0 Å². The first-order valence-electron chi connectivity index (χ1n) is 6.97. The Morgan fingerprint density at radius 3 is 3.11 bits per heavy atom. The molecule has 1 atom stereocenters. The van der Waals surface area contributed by atoms with Crippen LogP contribution in [0.4, 0.5) is 0 Å². The lowest BCUT2D eigenvalue weighted by Crippen LogP contribution is -2.50. The van der Waals surface area contributed by atoms with Gasteiger partial charge in [-0.25, -0.2) is 4.79 Å². The summed E-state index contributed by atoms with van der Waals surface area (Å²) in [5.41, 5.74) is 1.45. The Morgan fingerprint density at radius 2 is 2.37 bits per heavy atom. The minimum atomic E-state index is -0.856. The molecule has 0 aliphatic carbocycles. The van der Waals surface area contributed by atoms with Crippen molar-refractivity contribution in [3.63, 3.8) is 0 Å². The van der Waals surface area contributed by atoms with Crippen molar-refractivity contribution in [1.82, 2.24) is 10.2 Å². The topological polar surface area (TPSA) is 52.6 Å². The summed E-state index contributed by atoms with van der Waals surface area (Å²) < 4.78 is 0. The first-order valence-corrected chi connectivity index (χ1v) is 6.97. The molecule has 0 aromatic heterocycles. The van der Waals surface area contributed by atoms with E-state index in [1.165, 1.54) is 12.8 Å². The molecular weight excluding hydrogens is 240 g/mol. The summed E-state index contributed by atoms with van der Waals surface area (Å²) in [6.07, 6.45) is 2.39. The lowest BCUT2D eigenvalue weighted by atomic mass is 10.1. The number of carboxylic acids is 1. The Labute approximate surface area is 114 Å². The third-order valence-corrected chi connectivity index (χ3v) is 3.56. The van der Waals surface area contributed by atoms with Gasteiger partial charge >= 0.3 is 5.97 Å². The van der Waals surface area contributed by atoms with E-state index in [0.717, 1.165) is 31.7 Å². The maximum atomic E-state index is 11.0. The molecule has 1 fully saturated rings. The minimum Gasteiger partial charge on any atom is -0.478 e. The van der Waals surface area contributed by atoms with Crippen LogP contribution in [-0.2, 0) is 6.54 Å². The molecule has 0 radical (unpaired) electrons. The lowest BCUT2D eigenvalue weighted by molar-refractivity contribution is 0.0696. The fourth-order valence-electron chi connectivity index (χ4n) is 2.64. The summed E-state index contributed by atoms with van der Waals surface area (Å²) in [5.74, 6) is -0.856. The molecule has 0 saturated carbocycles. The van der Waals surface area contributed by atoms with E-state index in [1.54, 1.807) is 12.1 Å². The van der Waals surface area contributed by atoms with Crippen LogP contribution in [0.2, 0.25) is 0 Å². The van der Waals surface area contributed by atoms with Crippen LogP contribution in [0.25, 0.3) is 0 Å². The van der Waals surface area contributed by atoms with Gasteiger partial charge in [-0.05, 0) is 24.1 Å². The maximum Gasteiger partial charge on any atom is 0.335 e. The standard InChI is InChI=1S/C15H22N2O2/c1-2-4-14-11-17(8-7-16-14)10-12-5-3-6-13(9-12)15(18)19/h3,5-6,9,14,16H,2,4,7-8,10-11H2,1H3,(H,18,19). The van der Waals surface area contributed by atoms with Crippen molar-refractivity contribution in [3.8, 4) is 0 Å². The molecule has 1 saturated heterocycles. The van der Waals surface area contributed by atoms with Crippen LogP contribution < -0.4 is 5.32 Å². The number of nitrogens with one attached hydrogen (secondary N) is 1. The van der Waals surface area contributed by atoms with Crippen LogP contribution in [0.1, 0.15) is 35.7 Å². The molecule has 1 aromatic carbocycles. The van der Waals surface area contributed by atoms with E-state index in [0.29, 0.717) is 11.6 Å². The summed E-state index contributed by atoms with van der Waals surface area (Å²) >= 11 is 0. The van der Waals surface area contributed by atoms with Gasteiger partial charge in [-0.2, -0.15) is 0 Å². The van der Waals surface area contributed by atoms with Crippen molar-refractivity contribution >= 4 is 5.97 Å². The second kappa shape index (κ2) is 6.68. The number of benzene rings is 1. The molecular formula is C15H22N2O2. The summed E-state index contributed by atoms with van der Waals surface area (Å²) in [4.78, 5) is 13.4. The highest BCUT2D eigenvalue weighted by atomic mass is 16.4. The molecule has 0 amide bonds. The molecule has 4 heteroatoms. The zero-order valence-electron chi connectivity index (χ0n) is 11.4. The van der Waals surface area contributed by atoms with Crippen molar-refractivity contribution in [2.24, 2.45) is 0 Å². The first kappa shape index (κ1) is 14.0. The van der Waals surface area contributed by atoms with Crippen molar-refractivity contribution < 1.29 is 9.90 Å². The van der Waals surface area contributed by atoms with E-state index in [-0.39, 0.29) is 0 Å². The van der Waals surface area contributed by atoms with Crippen LogP contribution in [0.5, 0.6) is 0 Å². The van der Waals surface area contributed by atoms with Gasteiger partial charge in [0.05, 0.1) is 5.56 Å². The number of rotatable bonds is 5. The van der Waals surface area contributed by atoms with Crippen molar-refractivity contribution in [3.05, 3.63) is 35.4 Å². The Balaban J connectivity index is 1.96. The highest BCUT2D eigenvalue weighted by Crippen LogP contribution is 2.12. The number of aromatic carboxylic acids is 1. The van der Waals surface area contributed by atoms with Crippen LogP contribution in [-0.4, -0.2) is 41.7 Å². The van der Waals surface area contributed by atoms with Gasteiger partial charge in [0.1, 0.15) is 0 Å². The number of hydrogen-bond acceptors (Lipinski definition) is 3. The highest BCUT2D eigenvalue weighted by molar-refractivity contribution is 5.87. The minimum absolute atomic E-state index is 0.373. The van der Waals surface area contributed by atoms with E-state index in [2.05, 4.69) is 17.1 Å². The zero-order valence-corrected chi connectivity index (χ0v) is 11.4. The van der Waals surface area contributed by atoms with Gasteiger partial charge < -0.3 is 10.4 Å². The molecule has 1 unspecified atom stereocenters. The van der Waals surface area contributed by atoms with E-state index in [9.17, 15) is 4.79 Å². The van der Waals surface area contributed by atoms with E-state index in [4.69, 9.17) is 5.11 Å². The summed E-state index contributed by atoms with van der Waals surface area (Å²) in [7, 11) is 0. The van der Waals surface area contributed by atoms with Gasteiger partial charge in [-0.15, -0.1) is 0 Å². The number of nitrogens with zero attached hydrogens (tertiary/aromatic N) is 1. The van der Waals surface area contributed by atoms with E-state index >= 15 is 0 Å². The average molecular weight is 262 g/mol. The third-order valence-electron chi connectivity index (χ3n) is 3.56. The smallest absolute Gasteiger partial charge is 0.335 e. The molecule has 0 bridgehead atoms. The van der Waals surface area contributed by atoms with E-state index < -0.39 is 5.97 Å². The molecule has 0 spiro atoms. The van der Waals surface area contributed by atoms with Gasteiger partial charge in [-0.1, -0.05) is 25.5 Å². The van der Waals surface area contributed by atoms with Gasteiger partial charge in [-0.3, -0.25) is 4.90 Å². The molecule has 2 N–H and O–H groups in total. The van der Waals surface area contributed by atoms with Crippen LogP contribution in [0.3, 0.4) is 0 Å². The zero-order chi connectivity index (χ0) is 13.7. The van der Waals surface area contributed by atoms with Crippen molar-refractivity contribution in [2.75, 3.05) is 19.6 Å². The maximum absolute atomic E-state index is 11.0. The number of carboxylic acid groups (broad SMARTS) is 1. The molecule has 1 aliphatic heterocycles. The molecule has 104 valence electrons. The Kier molecular flexibility index (Phi) is 4.93. The summed E-state index contributed by atoms with van der Waals surface area (Å²) in [5, 5.41) is 12.5. The second-order valence-electron chi connectivity index (χ2n) is 5.18. The van der Waals surface area contributed by atoms with Crippen molar-refractivity contribution in [2.45, 2.75) is 32.4 Å². The average Bonchev–Trinajstić information content (AvgIpc) is 2.40. The van der Waals surface area contributed by atoms with Gasteiger partial charge in [0.15, 0.2) is 0 Å². The normalized spacial score (nSPS) is 20.4. The fraction of sp³-hybridized carbons (Fsp3) is 0.533. The summed E-state index contributed by atoms with van der Waals surface area (Å²) in [6.45, 7) is 6.13. The molecule has 2 rings (SSSR count). The third kappa shape index (κ3) is 4.04.